The normalized spacial score (nSPS) is 30.4. The van der Waals surface area contributed by atoms with E-state index in [2.05, 4.69) is 4.72 Å². The van der Waals surface area contributed by atoms with Crippen LogP contribution in [-0.4, -0.2) is 63.9 Å². The van der Waals surface area contributed by atoms with Gasteiger partial charge in [0.25, 0.3) is 10.2 Å². The second-order valence-electron chi connectivity index (χ2n) is 6.19. The highest BCUT2D eigenvalue weighted by atomic mass is 32.2. The molecule has 9 heteroatoms. The zero-order valence-electron chi connectivity index (χ0n) is 12.7. The second-order valence-corrected chi connectivity index (χ2v) is 9.87. The minimum Gasteiger partial charge on any atom is -0.213 e. The van der Waals surface area contributed by atoms with Gasteiger partial charge in [0.05, 0.1) is 6.26 Å². The molecule has 2 atom stereocenters. The lowest BCUT2D eigenvalue weighted by Crippen LogP contribution is -2.54. The summed E-state index contributed by atoms with van der Waals surface area (Å²) in [5, 5.41) is 0. The van der Waals surface area contributed by atoms with Gasteiger partial charge in [0.1, 0.15) is 0 Å². The first-order valence-electron chi connectivity index (χ1n) is 7.41. The molecule has 2 rings (SSSR count). The standard InChI is InChI=1S/C12H25N3O4S2/c1-11-5-3-8-15(9-11)21(18,19)13-12-6-4-7-14(10-12)20(2,16)17/h11-13H,3-10H2,1-2H3. The molecular weight excluding hydrogens is 314 g/mol. The molecule has 0 aliphatic carbocycles. The molecule has 0 amide bonds. The third kappa shape index (κ3) is 4.62. The molecule has 7 nitrogen and oxygen atoms in total. The van der Waals surface area contributed by atoms with Gasteiger partial charge in [-0.25, -0.2) is 12.7 Å². The topological polar surface area (TPSA) is 86.8 Å². The highest BCUT2D eigenvalue weighted by Gasteiger charge is 2.32. The molecule has 2 aliphatic heterocycles. The van der Waals surface area contributed by atoms with Crippen LogP contribution in [0.1, 0.15) is 32.6 Å². The Kier molecular flexibility index (Phi) is 5.30. The summed E-state index contributed by atoms with van der Waals surface area (Å²) in [7, 11) is -6.79. The molecule has 2 unspecified atom stereocenters. The van der Waals surface area contributed by atoms with Crippen molar-refractivity contribution in [3.05, 3.63) is 0 Å². The largest absolute Gasteiger partial charge is 0.279 e. The van der Waals surface area contributed by atoms with Crippen LogP contribution >= 0.6 is 0 Å². The average Bonchev–Trinajstić information content (AvgIpc) is 2.37. The van der Waals surface area contributed by atoms with Gasteiger partial charge in [0.2, 0.25) is 10.0 Å². The highest BCUT2D eigenvalue weighted by molar-refractivity contribution is 7.88. The van der Waals surface area contributed by atoms with Crippen molar-refractivity contribution in [2.45, 2.75) is 38.6 Å². The number of nitrogens with zero attached hydrogens (tertiary/aromatic N) is 2. The lowest BCUT2D eigenvalue weighted by Gasteiger charge is -2.35. The summed E-state index contributed by atoms with van der Waals surface area (Å²) in [6, 6.07) is -0.337. The summed E-state index contributed by atoms with van der Waals surface area (Å²) in [5.41, 5.74) is 0. The fraction of sp³-hybridized carbons (Fsp3) is 1.00. The van der Waals surface area contributed by atoms with E-state index in [1.807, 2.05) is 6.92 Å². The van der Waals surface area contributed by atoms with Crippen LogP contribution in [0.3, 0.4) is 0 Å². The van der Waals surface area contributed by atoms with E-state index in [1.54, 1.807) is 0 Å². The first-order valence-corrected chi connectivity index (χ1v) is 10.7. The van der Waals surface area contributed by atoms with Crippen molar-refractivity contribution in [2.75, 3.05) is 32.4 Å². The SMILES string of the molecule is CC1CCCN(S(=O)(=O)NC2CCCN(S(C)(=O)=O)C2)C1. The van der Waals surface area contributed by atoms with Crippen LogP contribution in [-0.2, 0) is 20.2 Å². The van der Waals surface area contributed by atoms with Crippen LogP contribution in [0, 0.1) is 5.92 Å². The van der Waals surface area contributed by atoms with Crippen molar-refractivity contribution >= 4 is 20.2 Å². The van der Waals surface area contributed by atoms with E-state index in [0.29, 0.717) is 38.4 Å². The second kappa shape index (κ2) is 6.49. The van der Waals surface area contributed by atoms with Gasteiger partial charge in [-0.05, 0) is 31.6 Å². The van der Waals surface area contributed by atoms with Crippen LogP contribution in [0.2, 0.25) is 0 Å². The summed E-state index contributed by atoms with van der Waals surface area (Å²) in [6.07, 6.45) is 4.45. The monoisotopic (exact) mass is 339 g/mol. The molecule has 0 aromatic carbocycles. The van der Waals surface area contributed by atoms with E-state index in [1.165, 1.54) is 8.61 Å². The van der Waals surface area contributed by atoms with Gasteiger partial charge in [-0.15, -0.1) is 0 Å². The lowest BCUT2D eigenvalue weighted by atomic mass is 10.0. The molecule has 0 aromatic rings. The molecule has 2 heterocycles. The van der Waals surface area contributed by atoms with E-state index in [4.69, 9.17) is 0 Å². The Bertz CT molecular complexity index is 561. The van der Waals surface area contributed by atoms with E-state index in [9.17, 15) is 16.8 Å². The predicted octanol–water partition coefficient (Wildman–Crippen LogP) is -0.0233. The number of piperidine rings is 2. The van der Waals surface area contributed by atoms with Gasteiger partial charge in [-0.1, -0.05) is 6.92 Å². The van der Waals surface area contributed by atoms with Gasteiger partial charge in [-0.3, -0.25) is 0 Å². The van der Waals surface area contributed by atoms with E-state index < -0.39 is 20.2 Å². The molecule has 2 aliphatic rings. The van der Waals surface area contributed by atoms with Gasteiger partial charge < -0.3 is 0 Å². The number of rotatable bonds is 4. The van der Waals surface area contributed by atoms with E-state index >= 15 is 0 Å². The smallest absolute Gasteiger partial charge is 0.213 e. The molecular formula is C12H25N3O4S2. The van der Waals surface area contributed by atoms with Crippen molar-refractivity contribution in [1.29, 1.82) is 0 Å². The Morgan fingerprint density at radius 1 is 0.952 bits per heavy atom. The molecule has 2 saturated heterocycles. The zero-order valence-corrected chi connectivity index (χ0v) is 14.3. The van der Waals surface area contributed by atoms with Crippen molar-refractivity contribution < 1.29 is 16.8 Å². The minimum atomic E-state index is -3.52. The summed E-state index contributed by atoms with van der Waals surface area (Å²) in [4.78, 5) is 0. The summed E-state index contributed by atoms with van der Waals surface area (Å²) in [6.45, 7) is 3.83. The summed E-state index contributed by atoms with van der Waals surface area (Å²) >= 11 is 0. The Hall–Kier alpha value is -0.220. The van der Waals surface area contributed by atoms with Gasteiger partial charge in [0, 0.05) is 32.2 Å². The summed E-state index contributed by atoms with van der Waals surface area (Å²) < 4.78 is 53.5. The van der Waals surface area contributed by atoms with Crippen LogP contribution < -0.4 is 4.72 Å². The summed E-state index contributed by atoms with van der Waals surface area (Å²) in [5.74, 6) is 0.370. The molecule has 124 valence electrons. The Labute approximate surface area is 127 Å². The van der Waals surface area contributed by atoms with Crippen LogP contribution in [0.15, 0.2) is 0 Å². The van der Waals surface area contributed by atoms with E-state index in [-0.39, 0.29) is 12.6 Å². The maximum absolute atomic E-state index is 12.4. The lowest BCUT2D eigenvalue weighted by molar-refractivity contribution is 0.266. The first kappa shape index (κ1) is 17.1. The zero-order chi connectivity index (χ0) is 15.7. The van der Waals surface area contributed by atoms with Crippen molar-refractivity contribution in [2.24, 2.45) is 5.92 Å². The third-order valence-electron chi connectivity index (χ3n) is 4.13. The number of sulfonamides is 1. The Balaban J connectivity index is 1.99. The van der Waals surface area contributed by atoms with Gasteiger partial charge in [-0.2, -0.15) is 17.4 Å². The Morgan fingerprint density at radius 3 is 2.19 bits per heavy atom. The third-order valence-corrected chi connectivity index (χ3v) is 7.04. The van der Waals surface area contributed by atoms with E-state index in [0.717, 1.165) is 19.1 Å². The average molecular weight is 339 g/mol. The molecule has 21 heavy (non-hydrogen) atoms. The number of hydrogen-bond acceptors (Lipinski definition) is 4. The molecule has 1 N–H and O–H groups in total. The maximum Gasteiger partial charge on any atom is 0.279 e. The Morgan fingerprint density at radius 2 is 1.57 bits per heavy atom. The first-order chi connectivity index (χ1) is 9.68. The van der Waals surface area contributed by atoms with Gasteiger partial charge in [0.15, 0.2) is 0 Å². The van der Waals surface area contributed by atoms with Crippen LogP contribution in [0.5, 0.6) is 0 Å². The van der Waals surface area contributed by atoms with Crippen LogP contribution in [0.25, 0.3) is 0 Å². The fourth-order valence-electron chi connectivity index (χ4n) is 2.99. The molecule has 0 bridgehead atoms. The molecule has 0 spiro atoms. The minimum absolute atomic E-state index is 0.224. The van der Waals surface area contributed by atoms with Crippen LogP contribution in [0.4, 0.5) is 0 Å². The molecule has 2 fully saturated rings. The number of nitrogens with one attached hydrogen (secondary N) is 1. The van der Waals surface area contributed by atoms with Gasteiger partial charge >= 0.3 is 0 Å². The maximum atomic E-state index is 12.4. The highest BCUT2D eigenvalue weighted by Crippen LogP contribution is 2.19. The molecule has 0 saturated carbocycles. The van der Waals surface area contributed by atoms with Crippen molar-refractivity contribution in [1.82, 2.24) is 13.3 Å². The predicted molar refractivity (Wildman–Crippen MR) is 81.5 cm³/mol. The molecule has 0 aromatic heterocycles. The number of hydrogen-bond donors (Lipinski definition) is 1. The van der Waals surface area contributed by atoms with Crippen molar-refractivity contribution in [3.8, 4) is 0 Å². The van der Waals surface area contributed by atoms with Crippen molar-refractivity contribution in [3.63, 3.8) is 0 Å². The quantitative estimate of drug-likeness (QED) is 0.780. The molecule has 0 radical (unpaired) electrons. The fourth-order valence-corrected chi connectivity index (χ4v) is 5.48.